The Bertz CT molecular complexity index is 552. The van der Waals surface area contributed by atoms with Gasteiger partial charge < -0.3 is 5.32 Å². The van der Waals surface area contributed by atoms with Gasteiger partial charge in [0.1, 0.15) is 5.82 Å². The molecule has 100 valence electrons. The van der Waals surface area contributed by atoms with Crippen LogP contribution in [0.5, 0.6) is 0 Å². The molecule has 2 aromatic rings. The molecule has 2 aromatic carbocycles. The molecule has 0 radical (unpaired) electrons. The maximum atomic E-state index is 13.1. The van der Waals surface area contributed by atoms with Gasteiger partial charge in [0.15, 0.2) is 0 Å². The van der Waals surface area contributed by atoms with Gasteiger partial charge in [-0.3, -0.25) is 0 Å². The van der Waals surface area contributed by atoms with E-state index in [1.54, 1.807) is 18.2 Å². The van der Waals surface area contributed by atoms with E-state index in [0.717, 1.165) is 11.1 Å². The van der Waals surface area contributed by atoms with Crippen LogP contribution in [0.4, 0.5) is 4.39 Å². The summed E-state index contributed by atoms with van der Waals surface area (Å²) in [6.07, 6.45) is 0. The highest BCUT2D eigenvalue weighted by atomic mass is 35.5. The molecular weight excluding hydrogens is 284 g/mol. The van der Waals surface area contributed by atoms with Gasteiger partial charge in [-0.1, -0.05) is 41.4 Å². The highest BCUT2D eigenvalue weighted by Crippen LogP contribution is 2.25. The minimum absolute atomic E-state index is 0.0167. The molecule has 0 spiro atoms. The van der Waals surface area contributed by atoms with Crippen LogP contribution in [0.25, 0.3) is 0 Å². The lowest BCUT2D eigenvalue weighted by molar-refractivity contribution is 0.565. The van der Waals surface area contributed by atoms with Gasteiger partial charge in [0.25, 0.3) is 0 Å². The summed E-state index contributed by atoms with van der Waals surface area (Å²) in [5.74, 6) is -0.234. The normalized spacial score (nSPS) is 12.4. The number of hydrogen-bond acceptors (Lipinski definition) is 1. The van der Waals surface area contributed by atoms with Crippen molar-refractivity contribution in [2.75, 3.05) is 0 Å². The van der Waals surface area contributed by atoms with Crippen LogP contribution in [0.3, 0.4) is 0 Å². The molecule has 0 bridgehead atoms. The summed E-state index contributed by atoms with van der Waals surface area (Å²) in [5.41, 5.74) is 1.75. The molecule has 4 heteroatoms. The lowest BCUT2D eigenvalue weighted by Gasteiger charge is -2.15. The Morgan fingerprint density at radius 1 is 1.11 bits per heavy atom. The first-order valence-corrected chi connectivity index (χ1v) is 6.75. The summed E-state index contributed by atoms with van der Waals surface area (Å²) in [7, 11) is 0. The van der Waals surface area contributed by atoms with E-state index in [-0.39, 0.29) is 11.9 Å². The molecule has 1 atom stereocenters. The maximum Gasteiger partial charge on any atom is 0.123 e. The molecule has 1 nitrogen and oxygen atoms in total. The summed E-state index contributed by atoms with van der Waals surface area (Å²) < 4.78 is 13.1. The summed E-state index contributed by atoms with van der Waals surface area (Å²) in [4.78, 5) is 0. The van der Waals surface area contributed by atoms with Gasteiger partial charge in [-0.15, -0.1) is 0 Å². The maximum absolute atomic E-state index is 13.1. The van der Waals surface area contributed by atoms with E-state index in [2.05, 4.69) is 5.32 Å². The highest BCUT2D eigenvalue weighted by Gasteiger charge is 2.09. The summed E-state index contributed by atoms with van der Waals surface area (Å²) in [5, 5.41) is 4.55. The van der Waals surface area contributed by atoms with Gasteiger partial charge in [0, 0.05) is 28.2 Å². The number of hydrogen-bond donors (Lipinski definition) is 1. The van der Waals surface area contributed by atoms with Gasteiger partial charge >= 0.3 is 0 Å². The van der Waals surface area contributed by atoms with Gasteiger partial charge in [-0.25, -0.2) is 4.39 Å². The molecule has 1 N–H and O–H groups in total. The lowest BCUT2D eigenvalue weighted by Crippen LogP contribution is -2.18. The van der Waals surface area contributed by atoms with Gasteiger partial charge in [-0.2, -0.15) is 0 Å². The highest BCUT2D eigenvalue weighted by molar-refractivity contribution is 6.35. The zero-order chi connectivity index (χ0) is 13.8. The topological polar surface area (TPSA) is 12.0 Å². The Morgan fingerprint density at radius 3 is 2.37 bits per heavy atom. The van der Waals surface area contributed by atoms with E-state index < -0.39 is 0 Å². The van der Waals surface area contributed by atoms with Crippen molar-refractivity contribution in [3.8, 4) is 0 Å². The van der Waals surface area contributed by atoms with Crippen molar-refractivity contribution in [3.05, 3.63) is 69.5 Å². The Morgan fingerprint density at radius 2 is 1.74 bits per heavy atom. The van der Waals surface area contributed by atoms with Gasteiger partial charge in [0.2, 0.25) is 0 Å². The fraction of sp³-hybridized carbons (Fsp3) is 0.200. The van der Waals surface area contributed by atoms with Crippen LogP contribution in [-0.4, -0.2) is 0 Å². The van der Waals surface area contributed by atoms with E-state index in [4.69, 9.17) is 23.2 Å². The first kappa shape index (κ1) is 14.3. The van der Waals surface area contributed by atoms with Crippen LogP contribution >= 0.6 is 23.2 Å². The van der Waals surface area contributed by atoms with Crippen LogP contribution in [0.1, 0.15) is 24.1 Å². The summed E-state index contributed by atoms with van der Waals surface area (Å²) >= 11 is 12.2. The monoisotopic (exact) mass is 297 g/mol. The minimum atomic E-state index is -0.234. The van der Waals surface area contributed by atoms with Crippen molar-refractivity contribution in [1.82, 2.24) is 5.32 Å². The molecule has 0 fully saturated rings. The molecular formula is C15H14Cl2FN. The Kier molecular flexibility index (Phi) is 4.81. The quantitative estimate of drug-likeness (QED) is 0.839. The average molecular weight is 298 g/mol. The van der Waals surface area contributed by atoms with Crippen molar-refractivity contribution in [2.45, 2.75) is 19.5 Å². The van der Waals surface area contributed by atoms with Crippen molar-refractivity contribution in [3.63, 3.8) is 0 Å². The standard InChI is InChI=1S/C15H14Cl2FN/c1-10(11-4-2-5-12(18)8-11)19-9-13-14(16)6-3-7-15(13)17/h2-8,10,19H,9H2,1H3. The number of halogens is 3. The number of rotatable bonds is 4. The fourth-order valence-corrected chi connectivity index (χ4v) is 2.38. The Balaban J connectivity index is 2.06. The molecule has 0 aliphatic rings. The predicted molar refractivity (Wildman–Crippen MR) is 78.1 cm³/mol. The first-order valence-electron chi connectivity index (χ1n) is 5.99. The van der Waals surface area contributed by atoms with E-state index in [1.807, 2.05) is 19.1 Å². The molecule has 0 heterocycles. The predicted octanol–water partition coefficient (Wildman–Crippen LogP) is 4.98. The van der Waals surface area contributed by atoms with E-state index in [9.17, 15) is 4.39 Å². The van der Waals surface area contributed by atoms with Crippen LogP contribution in [0.15, 0.2) is 42.5 Å². The van der Waals surface area contributed by atoms with Gasteiger partial charge in [-0.05, 0) is 36.8 Å². The molecule has 1 unspecified atom stereocenters. The second kappa shape index (κ2) is 6.38. The van der Waals surface area contributed by atoms with Crippen LogP contribution in [-0.2, 0) is 6.54 Å². The molecule has 2 rings (SSSR count). The van der Waals surface area contributed by atoms with E-state index in [0.29, 0.717) is 16.6 Å². The van der Waals surface area contributed by atoms with Crippen LogP contribution < -0.4 is 5.32 Å². The minimum Gasteiger partial charge on any atom is -0.306 e. The molecule has 0 saturated heterocycles. The SMILES string of the molecule is CC(NCc1c(Cl)cccc1Cl)c1cccc(F)c1. The molecule has 0 aromatic heterocycles. The average Bonchev–Trinajstić information content (AvgIpc) is 2.38. The second-order valence-corrected chi connectivity index (χ2v) is 5.17. The summed E-state index contributed by atoms with van der Waals surface area (Å²) in [6.45, 7) is 2.51. The molecule has 0 aliphatic carbocycles. The third-order valence-electron chi connectivity index (χ3n) is 3.00. The van der Waals surface area contributed by atoms with Crippen molar-refractivity contribution in [2.24, 2.45) is 0 Å². The lowest BCUT2D eigenvalue weighted by atomic mass is 10.1. The van der Waals surface area contributed by atoms with Crippen LogP contribution in [0, 0.1) is 5.82 Å². The summed E-state index contributed by atoms with van der Waals surface area (Å²) in [6, 6.07) is 12.0. The van der Waals surface area contributed by atoms with Crippen LogP contribution in [0.2, 0.25) is 10.0 Å². The number of nitrogens with one attached hydrogen (secondary N) is 1. The van der Waals surface area contributed by atoms with Gasteiger partial charge in [0.05, 0.1) is 0 Å². The zero-order valence-electron chi connectivity index (χ0n) is 10.5. The Labute approximate surface area is 122 Å². The molecule has 19 heavy (non-hydrogen) atoms. The van der Waals surface area contributed by atoms with Crippen molar-refractivity contribution >= 4 is 23.2 Å². The molecule has 0 amide bonds. The largest absolute Gasteiger partial charge is 0.306 e. The smallest absolute Gasteiger partial charge is 0.123 e. The van der Waals surface area contributed by atoms with Crippen molar-refractivity contribution < 1.29 is 4.39 Å². The van der Waals surface area contributed by atoms with Crippen molar-refractivity contribution in [1.29, 1.82) is 0 Å². The third kappa shape index (κ3) is 3.69. The zero-order valence-corrected chi connectivity index (χ0v) is 12.0. The Hall–Kier alpha value is -1.09. The molecule has 0 aliphatic heterocycles. The van der Waals surface area contributed by atoms with E-state index >= 15 is 0 Å². The number of benzene rings is 2. The second-order valence-electron chi connectivity index (χ2n) is 4.36. The van der Waals surface area contributed by atoms with E-state index in [1.165, 1.54) is 12.1 Å². The molecule has 0 saturated carbocycles. The third-order valence-corrected chi connectivity index (χ3v) is 3.70. The first-order chi connectivity index (χ1) is 9.08. The fourth-order valence-electron chi connectivity index (χ4n) is 1.85.